The Morgan fingerprint density at radius 1 is 1.07 bits per heavy atom. The van der Waals surface area contributed by atoms with Crippen molar-refractivity contribution >= 4 is 41.8 Å². The number of nitrogens with zero attached hydrogens (tertiary/aromatic N) is 3. The third kappa shape index (κ3) is 4.57. The lowest BCUT2D eigenvalue weighted by atomic mass is 10.1. The topological polar surface area (TPSA) is 45.7 Å². The molecule has 2 aliphatic rings. The van der Waals surface area contributed by atoms with Crippen LogP contribution in [0.25, 0.3) is 0 Å². The van der Waals surface area contributed by atoms with Gasteiger partial charge in [-0.25, -0.2) is 14.7 Å². The quantitative estimate of drug-likeness (QED) is 0.660. The van der Waals surface area contributed by atoms with Gasteiger partial charge in [-0.05, 0) is 56.6 Å². The average Bonchev–Trinajstić information content (AvgIpc) is 2.70. The van der Waals surface area contributed by atoms with Gasteiger partial charge in [0.25, 0.3) is 0 Å². The molecule has 144 valence electrons. The van der Waals surface area contributed by atoms with Crippen molar-refractivity contribution in [2.45, 2.75) is 35.5 Å². The number of likely N-dealkylation sites (tertiary alicyclic amines) is 1. The van der Waals surface area contributed by atoms with Crippen LogP contribution in [0.5, 0.6) is 0 Å². The van der Waals surface area contributed by atoms with E-state index in [2.05, 4.69) is 9.88 Å². The molecule has 0 spiro atoms. The number of rotatable bonds is 4. The number of halogens is 1. The highest BCUT2D eigenvalue weighted by Gasteiger charge is 2.30. The Labute approximate surface area is 170 Å². The zero-order valence-corrected chi connectivity index (χ0v) is 16.8. The molecule has 3 heterocycles. The number of piperidine rings is 1. The fraction of sp³-hybridized carbons (Fsp3) is 0.400. The van der Waals surface area contributed by atoms with E-state index in [0.29, 0.717) is 12.4 Å². The van der Waals surface area contributed by atoms with Crippen molar-refractivity contribution in [1.82, 2.24) is 9.88 Å². The minimum Gasteiger partial charge on any atom is -0.449 e. The summed E-state index contributed by atoms with van der Waals surface area (Å²) in [5.74, 6) is 0.650. The van der Waals surface area contributed by atoms with E-state index < -0.39 is 0 Å². The fourth-order valence-electron chi connectivity index (χ4n) is 3.47. The van der Waals surface area contributed by atoms with Crippen LogP contribution < -0.4 is 4.90 Å². The lowest BCUT2D eigenvalue weighted by Crippen LogP contribution is -2.33. The van der Waals surface area contributed by atoms with Crippen molar-refractivity contribution < 1.29 is 9.53 Å². The number of carbonyl (C=O) groups is 1. The molecule has 1 saturated heterocycles. The summed E-state index contributed by atoms with van der Waals surface area (Å²) in [4.78, 5) is 23.3. The van der Waals surface area contributed by atoms with Crippen molar-refractivity contribution in [1.29, 1.82) is 0 Å². The normalized spacial score (nSPS) is 16.1. The lowest BCUT2D eigenvalue weighted by molar-refractivity contribution is 0.143. The molecule has 27 heavy (non-hydrogen) atoms. The monoisotopic (exact) mass is 405 g/mol. The molecule has 0 aliphatic carbocycles. The van der Waals surface area contributed by atoms with E-state index in [-0.39, 0.29) is 18.5 Å². The summed E-state index contributed by atoms with van der Waals surface area (Å²) in [6.07, 6.45) is 6.13. The van der Waals surface area contributed by atoms with Crippen LogP contribution in [0.1, 0.15) is 25.7 Å². The van der Waals surface area contributed by atoms with Gasteiger partial charge >= 0.3 is 6.09 Å². The van der Waals surface area contributed by atoms with Crippen LogP contribution in [-0.2, 0) is 4.74 Å². The summed E-state index contributed by atoms with van der Waals surface area (Å²) >= 11 is 1.63. The zero-order chi connectivity index (χ0) is 17.8. The van der Waals surface area contributed by atoms with E-state index >= 15 is 0 Å². The van der Waals surface area contributed by atoms with Crippen molar-refractivity contribution in [3.8, 4) is 0 Å². The zero-order valence-electron chi connectivity index (χ0n) is 15.2. The summed E-state index contributed by atoms with van der Waals surface area (Å²) < 4.78 is 5.60. The largest absolute Gasteiger partial charge is 0.449 e. The summed E-state index contributed by atoms with van der Waals surface area (Å²) in [5, 5.41) is 0. The number of hydrogen-bond acceptors (Lipinski definition) is 5. The minimum atomic E-state index is -0.351. The number of aromatic nitrogens is 1. The van der Waals surface area contributed by atoms with Crippen molar-refractivity contribution in [2.24, 2.45) is 0 Å². The van der Waals surface area contributed by atoms with Crippen LogP contribution in [0, 0.1) is 0 Å². The van der Waals surface area contributed by atoms with Crippen LogP contribution in [0.3, 0.4) is 0 Å². The maximum atomic E-state index is 12.8. The van der Waals surface area contributed by atoms with E-state index in [1.807, 2.05) is 36.4 Å². The standard InChI is InChI=1S/C20H23N3O2S.ClH/c24-20(25-15-7-14-22-12-4-1-5-13-22)23-16-8-2-3-9-17(16)26-18-10-6-11-21-19(18)23;/h2-3,6,8-11H,1,4-5,7,12-15H2;1H. The molecule has 5 nitrogen and oxygen atoms in total. The molecule has 7 heteroatoms. The Morgan fingerprint density at radius 2 is 1.85 bits per heavy atom. The van der Waals surface area contributed by atoms with Gasteiger partial charge in [0.05, 0.1) is 17.2 Å². The SMILES string of the molecule is Cl.O=C(OCCCN1CCCCC1)N1c2ccccc2Sc2cccnc21. The second-order valence-electron chi connectivity index (χ2n) is 6.60. The van der Waals surface area contributed by atoms with Gasteiger partial charge in [-0.1, -0.05) is 30.3 Å². The molecule has 0 atom stereocenters. The van der Waals surface area contributed by atoms with Gasteiger partial charge in [0.1, 0.15) is 0 Å². The molecule has 2 aliphatic heterocycles. The number of hydrogen-bond donors (Lipinski definition) is 0. The number of ether oxygens (including phenoxy) is 1. The molecule has 1 aromatic heterocycles. The third-order valence-corrected chi connectivity index (χ3v) is 5.87. The number of fused-ring (bicyclic) bond motifs is 2. The number of anilines is 2. The number of para-hydroxylation sites is 1. The van der Waals surface area contributed by atoms with Crippen molar-refractivity contribution in [2.75, 3.05) is 31.1 Å². The van der Waals surface area contributed by atoms with E-state index in [1.165, 1.54) is 32.4 Å². The first-order valence-electron chi connectivity index (χ1n) is 9.24. The first-order chi connectivity index (χ1) is 12.8. The smallest absolute Gasteiger partial charge is 0.420 e. The van der Waals surface area contributed by atoms with Gasteiger partial charge in [-0.15, -0.1) is 12.4 Å². The number of carbonyl (C=O) groups excluding carboxylic acids is 1. The van der Waals surface area contributed by atoms with Crippen LogP contribution in [0.15, 0.2) is 52.4 Å². The maximum absolute atomic E-state index is 12.8. The summed E-state index contributed by atoms with van der Waals surface area (Å²) in [7, 11) is 0. The van der Waals surface area contributed by atoms with Crippen molar-refractivity contribution in [3.63, 3.8) is 0 Å². The highest BCUT2D eigenvalue weighted by molar-refractivity contribution is 7.99. The Morgan fingerprint density at radius 3 is 2.70 bits per heavy atom. The Kier molecular flexibility index (Phi) is 6.99. The molecular formula is C20H24ClN3O2S. The predicted molar refractivity (Wildman–Crippen MR) is 110 cm³/mol. The van der Waals surface area contributed by atoms with Gasteiger partial charge in [0.2, 0.25) is 0 Å². The highest BCUT2D eigenvalue weighted by Crippen LogP contribution is 2.46. The van der Waals surface area contributed by atoms with Gasteiger partial charge < -0.3 is 9.64 Å². The van der Waals surface area contributed by atoms with E-state index in [1.54, 1.807) is 22.9 Å². The molecule has 0 saturated carbocycles. The van der Waals surface area contributed by atoms with Gasteiger partial charge in [0.15, 0.2) is 5.82 Å². The molecule has 0 unspecified atom stereocenters. The minimum absolute atomic E-state index is 0. The number of benzene rings is 1. The second-order valence-corrected chi connectivity index (χ2v) is 7.68. The summed E-state index contributed by atoms with van der Waals surface area (Å²) in [5.41, 5.74) is 0.838. The molecule has 0 bridgehead atoms. The average molecular weight is 406 g/mol. The number of pyridine rings is 1. The van der Waals surface area contributed by atoms with Crippen LogP contribution in [0.4, 0.5) is 16.3 Å². The maximum Gasteiger partial charge on any atom is 0.420 e. The molecule has 1 aromatic carbocycles. The molecule has 2 aromatic rings. The van der Waals surface area contributed by atoms with Crippen LogP contribution in [0.2, 0.25) is 0 Å². The van der Waals surface area contributed by atoms with E-state index in [9.17, 15) is 4.79 Å². The predicted octanol–water partition coefficient (Wildman–Crippen LogP) is 5.12. The van der Waals surface area contributed by atoms with Gasteiger partial charge in [0, 0.05) is 17.6 Å². The van der Waals surface area contributed by atoms with E-state index in [4.69, 9.17) is 4.74 Å². The first kappa shape index (κ1) is 20.0. The van der Waals surface area contributed by atoms with Gasteiger partial charge in [-0.3, -0.25) is 0 Å². The molecule has 4 rings (SSSR count). The Bertz CT molecular complexity index is 738. The molecule has 1 amide bonds. The summed E-state index contributed by atoms with van der Waals surface area (Å²) in [6, 6.07) is 11.8. The summed E-state index contributed by atoms with van der Waals surface area (Å²) in [6.45, 7) is 3.77. The van der Waals surface area contributed by atoms with Crippen molar-refractivity contribution in [3.05, 3.63) is 42.6 Å². The second kappa shape index (κ2) is 9.44. The van der Waals surface area contributed by atoms with E-state index in [0.717, 1.165) is 28.4 Å². The fourth-order valence-corrected chi connectivity index (χ4v) is 4.50. The third-order valence-electron chi connectivity index (χ3n) is 4.76. The van der Waals surface area contributed by atoms with Gasteiger partial charge in [-0.2, -0.15) is 0 Å². The first-order valence-corrected chi connectivity index (χ1v) is 10.1. The molecular weight excluding hydrogens is 382 g/mol. The molecule has 0 radical (unpaired) electrons. The Balaban J connectivity index is 0.00000210. The van der Waals surface area contributed by atoms with Crippen LogP contribution in [-0.4, -0.2) is 42.2 Å². The van der Waals surface area contributed by atoms with Crippen LogP contribution >= 0.6 is 24.2 Å². The number of amides is 1. The molecule has 1 fully saturated rings. The highest BCUT2D eigenvalue weighted by atomic mass is 35.5. The Hall–Kier alpha value is -1.76. The molecule has 0 N–H and O–H groups in total. The lowest BCUT2D eigenvalue weighted by Gasteiger charge is -2.29.